The van der Waals surface area contributed by atoms with Crippen molar-refractivity contribution in [2.45, 2.75) is 76.2 Å². The fourth-order valence-corrected chi connectivity index (χ4v) is 5.59. The SMILES string of the molecule is Cc1cc(C(=O)O)nc(N2C3CCC2CC(OCc2c(-c4cccc(F)c4F)noc2C2CC2)C3)n1. The molecule has 0 radical (unpaired) electrons. The first-order valence-corrected chi connectivity index (χ1v) is 12.3. The minimum atomic E-state index is -1.07. The van der Waals surface area contributed by atoms with Crippen LogP contribution in [0.15, 0.2) is 28.8 Å². The van der Waals surface area contributed by atoms with Gasteiger partial charge in [-0.3, -0.25) is 0 Å². The molecule has 3 aromatic rings. The van der Waals surface area contributed by atoms with Crippen LogP contribution >= 0.6 is 0 Å². The maximum absolute atomic E-state index is 14.6. The fraction of sp³-hybridized carbons (Fsp3) is 0.462. The number of rotatable bonds is 7. The number of ether oxygens (including phenoxy) is 1. The summed E-state index contributed by atoms with van der Waals surface area (Å²) < 4.78 is 40.4. The standard InChI is InChI=1S/C26H26F2N4O4/c1-13-9-21(25(33)34)30-26(29-13)32-15-7-8-16(32)11-17(10-15)35-12-19-23(31-36-24(19)14-5-6-14)18-3-2-4-20(27)22(18)28/h2-4,9,14-17H,5-8,10-12H2,1H3,(H,33,34). The highest BCUT2D eigenvalue weighted by molar-refractivity contribution is 5.85. The summed E-state index contributed by atoms with van der Waals surface area (Å²) in [5.41, 5.74) is 1.67. The zero-order valence-electron chi connectivity index (χ0n) is 19.8. The van der Waals surface area contributed by atoms with Crippen LogP contribution in [0.25, 0.3) is 11.3 Å². The number of carbonyl (C=O) groups is 1. The summed E-state index contributed by atoms with van der Waals surface area (Å²) in [7, 11) is 0. The number of anilines is 1. The van der Waals surface area contributed by atoms with Crippen LogP contribution in [0, 0.1) is 18.6 Å². The van der Waals surface area contributed by atoms with E-state index in [1.54, 1.807) is 6.92 Å². The van der Waals surface area contributed by atoms with Crippen LogP contribution in [-0.4, -0.2) is 44.4 Å². The molecule has 10 heteroatoms. The lowest BCUT2D eigenvalue weighted by Crippen LogP contribution is -2.46. The number of nitrogens with zero attached hydrogens (tertiary/aromatic N) is 4. The summed E-state index contributed by atoms with van der Waals surface area (Å²) in [6.45, 7) is 1.97. The van der Waals surface area contributed by atoms with Crippen molar-refractivity contribution in [1.29, 1.82) is 0 Å². The van der Waals surface area contributed by atoms with E-state index < -0.39 is 17.6 Å². The molecule has 2 atom stereocenters. The highest BCUT2D eigenvalue weighted by Gasteiger charge is 2.43. The largest absolute Gasteiger partial charge is 0.477 e. The smallest absolute Gasteiger partial charge is 0.354 e. The van der Waals surface area contributed by atoms with Crippen LogP contribution in [-0.2, 0) is 11.3 Å². The van der Waals surface area contributed by atoms with Crippen molar-refractivity contribution in [2.24, 2.45) is 0 Å². The number of aromatic carboxylic acids is 1. The zero-order valence-corrected chi connectivity index (χ0v) is 19.8. The van der Waals surface area contributed by atoms with Crippen molar-refractivity contribution in [3.8, 4) is 11.3 Å². The van der Waals surface area contributed by atoms with Crippen molar-refractivity contribution < 1.29 is 27.9 Å². The normalized spacial score (nSPS) is 23.3. The number of carboxylic acids is 1. The number of aromatic nitrogens is 3. The Labute approximate surface area is 206 Å². The van der Waals surface area contributed by atoms with E-state index >= 15 is 0 Å². The average Bonchev–Trinajstić information content (AvgIpc) is 3.55. The predicted octanol–water partition coefficient (Wildman–Crippen LogP) is 5.01. The molecule has 6 rings (SSSR count). The molecule has 2 aliphatic heterocycles. The monoisotopic (exact) mass is 496 g/mol. The molecule has 1 aliphatic carbocycles. The number of benzene rings is 1. The maximum atomic E-state index is 14.6. The van der Waals surface area contributed by atoms with E-state index in [0.717, 1.165) is 44.6 Å². The van der Waals surface area contributed by atoms with E-state index in [2.05, 4.69) is 20.0 Å². The molecule has 1 aromatic carbocycles. The van der Waals surface area contributed by atoms with Gasteiger partial charge in [-0.15, -0.1) is 0 Å². The van der Waals surface area contributed by atoms with E-state index in [4.69, 9.17) is 9.26 Å². The molecule has 2 aromatic heterocycles. The van der Waals surface area contributed by atoms with E-state index in [9.17, 15) is 18.7 Å². The molecule has 3 aliphatic rings. The summed E-state index contributed by atoms with van der Waals surface area (Å²) in [5.74, 6) is -1.55. The molecule has 3 fully saturated rings. The zero-order chi connectivity index (χ0) is 25.0. The fourth-order valence-electron chi connectivity index (χ4n) is 5.59. The third kappa shape index (κ3) is 4.13. The van der Waals surface area contributed by atoms with E-state index in [0.29, 0.717) is 28.7 Å². The van der Waals surface area contributed by atoms with Gasteiger partial charge in [-0.2, -0.15) is 0 Å². The Kier molecular flexibility index (Phi) is 5.70. The second-order valence-corrected chi connectivity index (χ2v) is 9.95. The molecular weight excluding hydrogens is 470 g/mol. The lowest BCUT2D eigenvalue weighted by atomic mass is 9.99. The maximum Gasteiger partial charge on any atom is 0.354 e. The van der Waals surface area contributed by atoms with Crippen LogP contribution in [0.3, 0.4) is 0 Å². The van der Waals surface area contributed by atoms with Crippen molar-refractivity contribution in [3.63, 3.8) is 0 Å². The number of fused-ring (bicyclic) bond motifs is 2. The van der Waals surface area contributed by atoms with Gasteiger partial charge in [0.15, 0.2) is 17.3 Å². The molecular formula is C26H26F2N4O4. The van der Waals surface area contributed by atoms with Crippen molar-refractivity contribution in [1.82, 2.24) is 15.1 Å². The molecule has 1 N–H and O–H groups in total. The highest BCUT2D eigenvalue weighted by atomic mass is 19.2. The minimum absolute atomic E-state index is 0.00699. The second kappa shape index (κ2) is 8.92. The Morgan fingerprint density at radius 1 is 1.17 bits per heavy atom. The van der Waals surface area contributed by atoms with Crippen LogP contribution in [0.1, 0.15) is 71.9 Å². The lowest BCUT2D eigenvalue weighted by Gasteiger charge is -2.39. The Hall–Kier alpha value is -3.40. The van der Waals surface area contributed by atoms with Gasteiger partial charge >= 0.3 is 5.97 Å². The minimum Gasteiger partial charge on any atom is -0.477 e. The number of hydrogen-bond donors (Lipinski definition) is 1. The Morgan fingerprint density at radius 3 is 2.61 bits per heavy atom. The van der Waals surface area contributed by atoms with E-state index in [-0.39, 0.29) is 42.0 Å². The summed E-state index contributed by atoms with van der Waals surface area (Å²) >= 11 is 0. The molecule has 188 valence electrons. The van der Waals surface area contributed by atoms with Gasteiger partial charge in [0, 0.05) is 34.8 Å². The quantitative estimate of drug-likeness (QED) is 0.487. The number of carboxylic acid groups (broad SMARTS) is 1. The van der Waals surface area contributed by atoms with Crippen LogP contribution in [0.4, 0.5) is 14.7 Å². The predicted molar refractivity (Wildman–Crippen MR) is 125 cm³/mol. The topological polar surface area (TPSA) is 102 Å². The third-order valence-corrected chi connectivity index (χ3v) is 7.42. The Bertz CT molecular complexity index is 1310. The highest BCUT2D eigenvalue weighted by Crippen LogP contribution is 2.45. The first-order valence-electron chi connectivity index (χ1n) is 12.3. The molecule has 1 saturated carbocycles. The van der Waals surface area contributed by atoms with E-state index in [1.807, 2.05) is 0 Å². The molecule has 2 saturated heterocycles. The molecule has 0 amide bonds. The molecule has 2 bridgehead atoms. The lowest BCUT2D eigenvalue weighted by molar-refractivity contribution is 0.0144. The van der Waals surface area contributed by atoms with Gasteiger partial charge in [0.2, 0.25) is 5.95 Å². The number of hydrogen-bond acceptors (Lipinski definition) is 7. The van der Waals surface area contributed by atoms with E-state index in [1.165, 1.54) is 18.2 Å². The molecule has 36 heavy (non-hydrogen) atoms. The van der Waals surface area contributed by atoms with Gasteiger partial charge in [-0.25, -0.2) is 23.5 Å². The van der Waals surface area contributed by atoms with Crippen LogP contribution in [0.2, 0.25) is 0 Å². The second-order valence-electron chi connectivity index (χ2n) is 9.95. The molecule has 0 spiro atoms. The summed E-state index contributed by atoms with van der Waals surface area (Å²) in [6, 6.07) is 5.80. The van der Waals surface area contributed by atoms with Gasteiger partial charge in [-0.05, 0) is 63.6 Å². The molecule has 8 nitrogen and oxygen atoms in total. The van der Waals surface area contributed by atoms with Crippen molar-refractivity contribution in [3.05, 3.63) is 58.6 Å². The summed E-state index contributed by atoms with van der Waals surface area (Å²) in [5, 5.41) is 13.5. The Balaban J connectivity index is 1.21. The van der Waals surface area contributed by atoms with Gasteiger partial charge in [0.25, 0.3) is 0 Å². The number of halogens is 2. The first kappa shape index (κ1) is 23.0. The van der Waals surface area contributed by atoms with Crippen LogP contribution in [0.5, 0.6) is 0 Å². The first-order chi connectivity index (χ1) is 17.4. The van der Waals surface area contributed by atoms with Crippen LogP contribution < -0.4 is 4.90 Å². The van der Waals surface area contributed by atoms with Gasteiger partial charge in [-0.1, -0.05) is 11.2 Å². The van der Waals surface area contributed by atoms with Gasteiger partial charge in [0.05, 0.1) is 12.7 Å². The third-order valence-electron chi connectivity index (χ3n) is 7.42. The molecule has 4 heterocycles. The van der Waals surface area contributed by atoms with Crippen molar-refractivity contribution in [2.75, 3.05) is 4.90 Å². The number of aryl methyl sites for hydroxylation is 1. The van der Waals surface area contributed by atoms with Gasteiger partial charge < -0.3 is 19.3 Å². The number of piperidine rings is 1. The summed E-state index contributed by atoms with van der Waals surface area (Å²) in [6.07, 6.45) is 5.28. The summed E-state index contributed by atoms with van der Waals surface area (Å²) in [4.78, 5) is 22.4. The van der Waals surface area contributed by atoms with Gasteiger partial charge in [0.1, 0.15) is 11.5 Å². The molecule has 2 unspecified atom stereocenters. The average molecular weight is 497 g/mol. The van der Waals surface area contributed by atoms with Crippen molar-refractivity contribution >= 4 is 11.9 Å². The Morgan fingerprint density at radius 2 is 1.92 bits per heavy atom.